The average Bonchev–Trinajstić information content (AvgIpc) is 3.11. The van der Waals surface area contributed by atoms with Crippen LogP contribution in [0.1, 0.15) is 37.9 Å². The fourth-order valence-electron chi connectivity index (χ4n) is 2.08. The second-order valence-corrected chi connectivity index (χ2v) is 7.11. The first kappa shape index (κ1) is 14.2. The Morgan fingerprint density at radius 2 is 2.14 bits per heavy atom. The molecule has 0 saturated heterocycles. The number of thiophene rings is 1. The third kappa shape index (κ3) is 2.71. The highest BCUT2D eigenvalue weighted by molar-refractivity contribution is 7.16. The smallest absolute Gasteiger partial charge is 0.261 e. The predicted octanol–water partition coefficient (Wildman–Crippen LogP) is 2.96. The van der Waals surface area contributed by atoms with Crippen LogP contribution >= 0.6 is 22.7 Å². The van der Waals surface area contributed by atoms with E-state index in [4.69, 9.17) is 0 Å². The summed E-state index contributed by atoms with van der Waals surface area (Å²) in [6.45, 7) is 6.46. The third-order valence-corrected chi connectivity index (χ3v) is 5.27. The summed E-state index contributed by atoms with van der Waals surface area (Å²) >= 11 is 3.10. The minimum Gasteiger partial charge on any atom is -0.346 e. The molecule has 3 aromatic heterocycles. The van der Waals surface area contributed by atoms with Crippen LogP contribution in [0.15, 0.2) is 12.1 Å². The Morgan fingerprint density at radius 1 is 1.33 bits per heavy atom. The lowest BCUT2D eigenvalue weighted by molar-refractivity contribution is 0.0954. The van der Waals surface area contributed by atoms with Gasteiger partial charge < -0.3 is 5.32 Å². The first-order valence-corrected chi connectivity index (χ1v) is 8.40. The molecule has 21 heavy (non-hydrogen) atoms. The highest BCUT2D eigenvalue weighted by Gasteiger charge is 2.15. The van der Waals surface area contributed by atoms with Crippen molar-refractivity contribution in [3.05, 3.63) is 38.3 Å². The molecular formula is C14H16N4OS2. The van der Waals surface area contributed by atoms with Crippen molar-refractivity contribution < 1.29 is 4.79 Å². The number of nitrogens with zero attached hydrogens (tertiary/aromatic N) is 3. The van der Waals surface area contributed by atoms with E-state index >= 15 is 0 Å². The maximum Gasteiger partial charge on any atom is 0.261 e. The van der Waals surface area contributed by atoms with Gasteiger partial charge >= 0.3 is 0 Å². The second kappa shape index (κ2) is 5.57. The summed E-state index contributed by atoms with van der Waals surface area (Å²) in [5, 5.41) is 8.54. The third-order valence-electron chi connectivity index (χ3n) is 3.22. The largest absolute Gasteiger partial charge is 0.346 e. The van der Waals surface area contributed by atoms with Crippen molar-refractivity contribution in [3.8, 4) is 0 Å². The number of imidazole rings is 1. The van der Waals surface area contributed by atoms with Crippen LogP contribution in [0, 0.1) is 13.8 Å². The molecule has 0 spiro atoms. The number of hydrogen-bond acceptors (Lipinski definition) is 5. The molecule has 0 bridgehead atoms. The standard InChI is InChI=1S/C14H16N4OS2/c1-4-12-17-18-10(9(3)16-14(18)21-12)7-15-13(19)11-6-5-8(2)20-11/h5-6H,4,7H2,1-3H3,(H,15,19). The Morgan fingerprint density at radius 3 is 2.81 bits per heavy atom. The van der Waals surface area contributed by atoms with Crippen LogP contribution in [-0.4, -0.2) is 20.5 Å². The van der Waals surface area contributed by atoms with Crippen LogP contribution in [0.5, 0.6) is 0 Å². The van der Waals surface area contributed by atoms with Gasteiger partial charge in [-0.15, -0.1) is 11.3 Å². The van der Waals surface area contributed by atoms with Gasteiger partial charge in [-0.05, 0) is 32.4 Å². The number of hydrogen-bond donors (Lipinski definition) is 1. The lowest BCUT2D eigenvalue weighted by atomic mass is 10.3. The highest BCUT2D eigenvalue weighted by atomic mass is 32.1. The minimum atomic E-state index is -0.0478. The molecular weight excluding hydrogens is 304 g/mol. The molecule has 3 rings (SSSR count). The molecule has 0 unspecified atom stereocenters. The lowest BCUT2D eigenvalue weighted by Gasteiger charge is -2.03. The normalized spacial score (nSPS) is 11.2. The van der Waals surface area contributed by atoms with Crippen molar-refractivity contribution in [2.45, 2.75) is 33.7 Å². The van der Waals surface area contributed by atoms with Gasteiger partial charge in [0, 0.05) is 4.88 Å². The highest BCUT2D eigenvalue weighted by Crippen LogP contribution is 2.19. The Bertz CT molecular complexity index is 799. The summed E-state index contributed by atoms with van der Waals surface area (Å²) in [5.41, 5.74) is 1.86. The first-order valence-electron chi connectivity index (χ1n) is 6.77. The van der Waals surface area contributed by atoms with Crippen molar-refractivity contribution in [1.82, 2.24) is 19.9 Å². The Kier molecular flexibility index (Phi) is 3.77. The molecule has 0 atom stereocenters. The fraction of sp³-hybridized carbons (Fsp3) is 0.357. The summed E-state index contributed by atoms with van der Waals surface area (Å²) in [7, 11) is 0. The number of fused-ring (bicyclic) bond motifs is 1. The fourth-order valence-corrected chi connectivity index (χ4v) is 3.77. The molecule has 0 aliphatic heterocycles. The van der Waals surface area contributed by atoms with Gasteiger partial charge in [-0.1, -0.05) is 18.3 Å². The topological polar surface area (TPSA) is 59.3 Å². The molecule has 0 saturated carbocycles. The van der Waals surface area contributed by atoms with Crippen molar-refractivity contribution in [2.24, 2.45) is 0 Å². The van der Waals surface area contributed by atoms with Crippen LogP contribution in [0.25, 0.3) is 4.96 Å². The Labute approximate surface area is 130 Å². The zero-order valence-electron chi connectivity index (χ0n) is 12.1. The molecule has 3 aromatic rings. The number of aryl methyl sites for hydroxylation is 3. The van der Waals surface area contributed by atoms with Gasteiger partial charge in [0.1, 0.15) is 5.01 Å². The van der Waals surface area contributed by atoms with E-state index in [1.54, 1.807) is 11.3 Å². The molecule has 0 fully saturated rings. The van der Waals surface area contributed by atoms with Crippen molar-refractivity contribution in [2.75, 3.05) is 0 Å². The van der Waals surface area contributed by atoms with Crippen molar-refractivity contribution in [1.29, 1.82) is 0 Å². The molecule has 0 radical (unpaired) electrons. The summed E-state index contributed by atoms with van der Waals surface area (Å²) in [4.78, 5) is 19.4. The van der Waals surface area contributed by atoms with Crippen LogP contribution in [0.4, 0.5) is 0 Å². The molecule has 5 nitrogen and oxygen atoms in total. The van der Waals surface area contributed by atoms with E-state index in [1.807, 2.05) is 30.5 Å². The number of rotatable bonds is 4. The zero-order chi connectivity index (χ0) is 15.0. The maximum absolute atomic E-state index is 12.1. The van der Waals surface area contributed by atoms with E-state index < -0.39 is 0 Å². The number of carbonyl (C=O) groups excluding carboxylic acids is 1. The first-order chi connectivity index (χ1) is 10.1. The van der Waals surface area contributed by atoms with E-state index in [1.165, 1.54) is 11.3 Å². The monoisotopic (exact) mass is 320 g/mol. The average molecular weight is 320 g/mol. The van der Waals surface area contributed by atoms with Crippen LogP contribution < -0.4 is 5.32 Å². The quantitative estimate of drug-likeness (QED) is 0.804. The molecule has 1 amide bonds. The molecule has 0 aromatic carbocycles. The number of nitrogens with one attached hydrogen (secondary N) is 1. The number of aromatic nitrogens is 3. The molecule has 0 aliphatic carbocycles. The van der Waals surface area contributed by atoms with Crippen LogP contribution in [0.3, 0.4) is 0 Å². The minimum absolute atomic E-state index is 0.0478. The molecule has 7 heteroatoms. The summed E-state index contributed by atoms with van der Waals surface area (Å²) < 4.78 is 1.85. The van der Waals surface area contributed by atoms with Gasteiger partial charge in [0.2, 0.25) is 4.96 Å². The summed E-state index contributed by atoms with van der Waals surface area (Å²) in [6, 6.07) is 3.81. The second-order valence-electron chi connectivity index (χ2n) is 4.78. The van der Waals surface area contributed by atoms with E-state index in [2.05, 4.69) is 22.3 Å². The zero-order valence-corrected chi connectivity index (χ0v) is 13.8. The van der Waals surface area contributed by atoms with Gasteiger partial charge in [-0.3, -0.25) is 4.79 Å². The van der Waals surface area contributed by atoms with Gasteiger partial charge in [0.15, 0.2) is 0 Å². The van der Waals surface area contributed by atoms with Crippen LogP contribution in [0.2, 0.25) is 0 Å². The van der Waals surface area contributed by atoms with Gasteiger partial charge in [0.25, 0.3) is 5.91 Å². The van der Waals surface area contributed by atoms with E-state index in [0.29, 0.717) is 6.54 Å². The lowest BCUT2D eigenvalue weighted by Crippen LogP contribution is -2.23. The van der Waals surface area contributed by atoms with Gasteiger partial charge in [-0.2, -0.15) is 5.10 Å². The van der Waals surface area contributed by atoms with Crippen LogP contribution in [-0.2, 0) is 13.0 Å². The molecule has 1 N–H and O–H groups in total. The Hall–Kier alpha value is -1.73. The van der Waals surface area contributed by atoms with Gasteiger partial charge in [-0.25, -0.2) is 9.50 Å². The number of carbonyl (C=O) groups is 1. The van der Waals surface area contributed by atoms with E-state index in [9.17, 15) is 4.79 Å². The van der Waals surface area contributed by atoms with Crippen molar-refractivity contribution in [3.63, 3.8) is 0 Å². The van der Waals surface area contributed by atoms with E-state index in [0.717, 1.165) is 37.5 Å². The molecule has 0 aliphatic rings. The molecule has 3 heterocycles. The predicted molar refractivity (Wildman–Crippen MR) is 85.2 cm³/mol. The number of amides is 1. The SMILES string of the molecule is CCc1nn2c(CNC(=O)c3ccc(C)s3)c(C)nc2s1. The molecule has 110 valence electrons. The maximum atomic E-state index is 12.1. The van der Waals surface area contributed by atoms with Gasteiger partial charge in [0.05, 0.1) is 22.8 Å². The van der Waals surface area contributed by atoms with Crippen molar-refractivity contribution >= 4 is 33.5 Å². The summed E-state index contributed by atoms with van der Waals surface area (Å²) in [5.74, 6) is -0.0478. The summed E-state index contributed by atoms with van der Waals surface area (Å²) in [6.07, 6.45) is 0.896. The Balaban J connectivity index is 1.79. The van der Waals surface area contributed by atoms with E-state index in [-0.39, 0.29) is 5.91 Å².